The second-order valence-corrected chi connectivity index (χ2v) is 7.74. The van der Waals surface area contributed by atoms with Crippen LogP contribution in [0.15, 0.2) is 59.7 Å². The number of rotatable bonds is 5. The first-order chi connectivity index (χ1) is 15.4. The summed E-state index contributed by atoms with van der Waals surface area (Å²) in [6.07, 6.45) is -1.10. The third kappa shape index (κ3) is 4.03. The number of anilines is 2. The lowest BCUT2D eigenvalue weighted by molar-refractivity contribution is -0.141. The highest BCUT2D eigenvalue weighted by molar-refractivity contribution is 5.96. The molecule has 7 nitrogen and oxygen atoms in total. The molecule has 0 unspecified atom stereocenters. The maximum atomic E-state index is 13.1. The molecule has 10 heteroatoms. The Labute approximate surface area is 181 Å². The summed E-state index contributed by atoms with van der Waals surface area (Å²) in [4.78, 5) is 12.5. The normalized spacial score (nSPS) is 15.3. The zero-order valence-corrected chi connectivity index (χ0v) is 16.8. The lowest BCUT2D eigenvalue weighted by Crippen LogP contribution is -2.43. The number of hydrogen-bond acceptors (Lipinski definition) is 5. The number of carbonyl (C=O) groups excluding carboxylic acids is 1. The van der Waals surface area contributed by atoms with Gasteiger partial charge >= 0.3 is 6.18 Å². The van der Waals surface area contributed by atoms with E-state index < -0.39 is 11.9 Å². The van der Waals surface area contributed by atoms with Gasteiger partial charge in [0.05, 0.1) is 17.6 Å². The highest BCUT2D eigenvalue weighted by Gasteiger charge is 2.38. The summed E-state index contributed by atoms with van der Waals surface area (Å²) < 4.78 is 40.7. The Morgan fingerprint density at radius 1 is 1.12 bits per heavy atom. The standard InChI is InChI=1S/C22H19F3N6O/c23-22(24,25)20-11-19(14-5-6-14)31(28-20)17-9-7-16(8-10-17)27-21(32)13-30-18-4-2-1-3-15(18)12-26-29-30/h1-4,7-12,14,29H,5-6,13H2,(H,27,32). The SMILES string of the molecule is O=C(CN1NN=Cc2ccccc21)Nc1ccc(-n2nc(C(F)(F)F)cc2C2CC2)cc1. The first-order valence-electron chi connectivity index (χ1n) is 10.1. The second-order valence-electron chi connectivity index (χ2n) is 7.74. The van der Waals surface area contributed by atoms with Gasteiger partial charge in [-0.2, -0.15) is 23.4 Å². The molecule has 3 aromatic rings. The summed E-state index contributed by atoms with van der Waals surface area (Å²) in [5.74, 6) is -0.171. The van der Waals surface area contributed by atoms with Crippen LogP contribution in [-0.4, -0.2) is 28.4 Å². The van der Waals surface area contributed by atoms with Crippen molar-refractivity contribution in [1.82, 2.24) is 15.3 Å². The molecule has 32 heavy (non-hydrogen) atoms. The predicted octanol–water partition coefficient (Wildman–Crippen LogP) is 4.07. The summed E-state index contributed by atoms with van der Waals surface area (Å²) >= 11 is 0. The van der Waals surface area contributed by atoms with Crippen molar-refractivity contribution in [3.8, 4) is 5.69 Å². The molecule has 1 fully saturated rings. The number of nitrogens with one attached hydrogen (secondary N) is 2. The fraction of sp³-hybridized carbons (Fsp3) is 0.227. The second kappa shape index (κ2) is 7.70. The Kier molecular flexibility index (Phi) is 4.84. The van der Waals surface area contributed by atoms with E-state index in [0.29, 0.717) is 17.1 Å². The van der Waals surface area contributed by atoms with Gasteiger partial charge in [-0.3, -0.25) is 9.80 Å². The molecule has 1 amide bonds. The van der Waals surface area contributed by atoms with E-state index in [1.54, 1.807) is 35.5 Å². The minimum absolute atomic E-state index is 0.0238. The van der Waals surface area contributed by atoms with E-state index in [2.05, 4.69) is 21.1 Å². The number of hydrazone groups is 1. The van der Waals surface area contributed by atoms with Crippen molar-refractivity contribution in [3.63, 3.8) is 0 Å². The summed E-state index contributed by atoms with van der Waals surface area (Å²) in [5.41, 5.74) is 5.24. The molecule has 1 aliphatic carbocycles. The molecule has 164 valence electrons. The quantitative estimate of drug-likeness (QED) is 0.628. The fourth-order valence-electron chi connectivity index (χ4n) is 3.63. The van der Waals surface area contributed by atoms with E-state index in [1.165, 1.54) is 4.68 Å². The number of halogens is 3. The van der Waals surface area contributed by atoms with Crippen LogP contribution in [0.4, 0.5) is 24.5 Å². The van der Waals surface area contributed by atoms with E-state index in [0.717, 1.165) is 30.2 Å². The Balaban J connectivity index is 1.29. The Bertz CT molecular complexity index is 1180. The first-order valence-corrected chi connectivity index (χ1v) is 10.1. The highest BCUT2D eigenvalue weighted by Crippen LogP contribution is 2.43. The molecule has 1 aromatic heterocycles. The number of hydrazine groups is 1. The Hall–Kier alpha value is -3.82. The van der Waals surface area contributed by atoms with Crippen molar-refractivity contribution in [1.29, 1.82) is 0 Å². The highest BCUT2D eigenvalue weighted by atomic mass is 19.4. The lowest BCUT2D eigenvalue weighted by atomic mass is 10.2. The van der Waals surface area contributed by atoms with Gasteiger partial charge in [0.25, 0.3) is 0 Å². The fourth-order valence-corrected chi connectivity index (χ4v) is 3.63. The molecular weight excluding hydrogens is 421 g/mol. The van der Waals surface area contributed by atoms with Crippen LogP contribution in [0.25, 0.3) is 5.69 Å². The average molecular weight is 440 g/mol. The molecule has 1 aliphatic heterocycles. The molecule has 0 saturated heterocycles. The van der Waals surface area contributed by atoms with Gasteiger partial charge in [0.1, 0.15) is 6.54 Å². The van der Waals surface area contributed by atoms with Crippen molar-refractivity contribution in [2.24, 2.45) is 5.10 Å². The number of aromatic nitrogens is 2. The van der Waals surface area contributed by atoms with Crippen LogP contribution < -0.4 is 15.9 Å². The van der Waals surface area contributed by atoms with E-state index in [-0.39, 0.29) is 18.4 Å². The Morgan fingerprint density at radius 3 is 2.59 bits per heavy atom. The van der Waals surface area contributed by atoms with Crippen molar-refractivity contribution < 1.29 is 18.0 Å². The van der Waals surface area contributed by atoms with Crippen LogP contribution in [0.5, 0.6) is 0 Å². The number of benzene rings is 2. The van der Waals surface area contributed by atoms with Gasteiger partial charge < -0.3 is 5.32 Å². The monoisotopic (exact) mass is 440 g/mol. The summed E-state index contributed by atoms with van der Waals surface area (Å²) in [6, 6.07) is 15.3. The van der Waals surface area contributed by atoms with Gasteiger partial charge in [-0.1, -0.05) is 18.2 Å². The molecule has 0 radical (unpaired) electrons. The van der Waals surface area contributed by atoms with Gasteiger partial charge in [0.2, 0.25) is 5.91 Å². The molecule has 2 N–H and O–H groups in total. The minimum Gasteiger partial charge on any atom is -0.324 e. The topological polar surface area (TPSA) is 74.6 Å². The molecule has 5 rings (SSSR count). The summed E-state index contributed by atoms with van der Waals surface area (Å²) in [7, 11) is 0. The van der Waals surface area contributed by atoms with E-state index in [9.17, 15) is 18.0 Å². The van der Waals surface area contributed by atoms with Gasteiger partial charge in [0, 0.05) is 22.9 Å². The number of fused-ring (bicyclic) bond motifs is 1. The van der Waals surface area contributed by atoms with Gasteiger partial charge in [-0.15, -0.1) is 0 Å². The number of alkyl halides is 3. The largest absolute Gasteiger partial charge is 0.435 e. The third-order valence-corrected chi connectivity index (χ3v) is 5.33. The predicted molar refractivity (Wildman–Crippen MR) is 114 cm³/mol. The molecular formula is C22H19F3N6O. The maximum Gasteiger partial charge on any atom is 0.435 e. The van der Waals surface area contributed by atoms with Crippen LogP contribution >= 0.6 is 0 Å². The molecule has 2 heterocycles. The molecule has 2 aromatic carbocycles. The number of hydrogen-bond donors (Lipinski definition) is 2. The summed E-state index contributed by atoms with van der Waals surface area (Å²) in [6.45, 7) is 0.0238. The van der Waals surface area contributed by atoms with Crippen LogP contribution in [0.2, 0.25) is 0 Å². The Morgan fingerprint density at radius 2 is 1.88 bits per heavy atom. The van der Waals surface area contributed by atoms with E-state index >= 15 is 0 Å². The summed E-state index contributed by atoms with van der Waals surface area (Å²) in [5, 5.41) is 12.2. The zero-order valence-electron chi connectivity index (χ0n) is 16.8. The van der Waals surface area contributed by atoms with Crippen LogP contribution in [0.1, 0.15) is 35.7 Å². The van der Waals surface area contributed by atoms with Crippen molar-refractivity contribution in [3.05, 3.63) is 71.5 Å². The third-order valence-electron chi connectivity index (χ3n) is 5.33. The lowest BCUT2D eigenvalue weighted by Gasteiger charge is -2.27. The van der Waals surface area contributed by atoms with Crippen LogP contribution in [0, 0.1) is 0 Å². The molecule has 1 saturated carbocycles. The van der Waals surface area contributed by atoms with Gasteiger partial charge in [-0.05, 0) is 49.2 Å². The molecule has 2 aliphatic rings. The maximum absolute atomic E-state index is 13.1. The van der Waals surface area contributed by atoms with Crippen molar-refractivity contribution in [2.45, 2.75) is 24.9 Å². The number of para-hydroxylation sites is 1. The number of nitrogens with zero attached hydrogens (tertiary/aromatic N) is 4. The zero-order chi connectivity index (χ0) is 22.3. The number of amides is 1. The molecule has 0 atom stereocenters. The molecule has 0 bridgehead atoms. The van der Waals surface area contributed by atoms with E-state index in [1.807, 2.05) is 24.3 Å². The van der Waals surface area contributed by atoms with E-state index in [4.69, 9.17) is 0 Å². The first kappa shape index (κ1) is 20.1. The number of carbonyl (C=O) groups is 1. The average Bonchev–Trinajstić information content (AvgIpc) is 3.51. The molecule has 0 spiro atoms. The van der Waals surface area contributed by atoms with Crippen molar-refractivity contribution >= 4 is 23.5 Å². The minimum atomic E-state index is -4.49. The smallest absolute Gasteiger partial charge is 0.324 e. The van der Waals surface area contributed by atoms with Crippen LogP contribution in [0.3, 0.4) is 0 Å². The van der Waals surface area contributed by atoms with Crippen LogP contribution in [-0.2, 0) is 11.0 Å². The van der Waals surface area contributed by atoms with Gasteiger partial charge in [0.15, 0.2) is 5.69 Å². The van der Waals surface area contributed by atoms with Crippen molar-refractivity contribution in [2.75, 3.05) is 16.9 Å². The van der Waals surface area contributed by atoms with Gasteiger partial charge in [-0.25, -0.2) is 10.2 Å².